The fraction of sp³-hybridized carbons (Fsp3) is 1.00. The molecule has 0 aromatic carbocycles. The highest BCUT2D eigenvalue weighted by molar-refractivity contribution is 4.79. The number of hydrogen-bond acceptors (Lipinski definition) is 3. The second-order valence-electron chi connectivity index (χ2n) is 3.47. The molecule has 1 aliphatic heterocycles. The molecule has 1 aliphatic rings. The molecule has 1 fully saturated rings. The monoisotopic (exact) mass is 173 g/mol. The molecule has 0 aromatic rings. The van der Waals surface area contributed by atoms with Gasteiger partial charge in [-0.15, -0.1) is 0 Å². The van der Waals surface area contributed by atoms with E-state index in [1.807, 2.05) is 6.92 Å². The molecule has 0 aromatic heterocycles. The van der Waals surface area contributed by atoms with Gasteiger partial charge < -0.3 is 15.2 Å². The van der Waals surface area contributed by atoms with Gasteiger partial charge in [0.05, 0.1) is 6.10 Å². The lowest BCUT2D eigenvalue weighted by atomic mass is 9.89. The molecule has 2 N–H and O–H groups in total. The summed E-state index contributed by atoms with van der Waals surface area (Å²) in [6, 6.07) is 0.166. The summed E-state index contributed by atoms with van der Waals surface area (Å²) in [7, 11) is 1.71. The lowest BCUT2D eigenvalue weighted by molar-refractivity contribution is 0.0213. The van der Waals surface area contributed by atoms with Crippen molar-refractivity contribution in [3.05, 3.63) is 0 Å². The fourth-order valence-corrected chi connectivity index (χ4v) is 1.64. The van der Waals surface area contributed by atoms with Crippen molar-refractivity contribution in [1.82, 2.24) is 0 Å². The van der Waals surface area contributed by atoms with Gasteiger partial charge >= 0.3 is 0 Å². The van der Waals surface area contributed by atoms with Crippen LogP contribution in [-0.2, 0) is 9.47 Å². The molecule has 1 saturated heterocycles. The van der Waals surface area contributed by atoms with Crippen LogP contribution >= 0.6 is 0 Å². The van der Waals surface area contributed by atoms with Crippen molar-refractivity contribution >= 4 is 0 Å². The zero-order valence-corrected chi connectivity index (χ0v) is 7.95. The van der Waals surface area contributed by atoms with E-state index in [1.54, 1.807) is 7.11 Å². The first-order chi connectivity index (χ1) is 5.75. The zero-order chi connectivity index (χ0) is 8.97. The van der Waals surface area contributed by atoms with Crippen LogP contribution in [0.25, 0.3) is 0 Å². The maximum Gasteiger partial charge on any atom is 0.0696 e. The van der Waals surface area contributed by atoms with Crippen molar-refractivity contribution in [2.45, 2.75) is 31.9 Å². The van der Waals surface area contributed by atoms with Crippen molar-refractivity contribution in [2.24, 2.45) is 11.7 Å². The SMILES string of the molecule is COC(C)C(N)C1CCOCC1. The van der Waals surface area contributed by atoms with E-state index < -0.39 is 0 Å². The van der Waals surface area contributed by atoms with Crippen molar-refractivity contribution in [3.63, 3.8) is 0 Å². The Hall–Kier alpha value is -0.120. The van der Waals surface area contributed by atoms with Gasteiger partial charge in [-0.1, -0.05) is 0 Å². The van der Waals surface area contributed by atoms with E-state index in [2.05, 4.69) is 0 Å². The van der Waals surface area contributed by atoms with Gasteiger partial charge in [-0.25, -0.2) is 0 Å². The Morgan fingerprint density at radius 2 is 2.00 bits per heavy atom. The van der Waals surface area contributed by atoms with Crippen LogP contribution in [0.15, 0.2) is 0 Å². The molecule has 1 heterocycles. The standard InChI is InChI=1S/C9H19NO2/c1-7(11-2)9(10)8-3-5-12-6-4-8/h7-9H,3-6,10H2,1-2H3. The molecule has 0 saturated carbocycles. The average molecular weight is 173 g/mol. The minimum atomic E-state index is 0.160. The molecule has 0 radical (unpaired) electrons. The highest BCUT2D eigenvalue weighted by atomic mass is 16.5. The topological polar surface area (TPSA) is 44.5 Å². The summed E-state index contributed by atoms with van der Waals surface area (Å²) >= 11 is 0. The van der Waals surface area contributed by atoms with Crippen LogP contribution in [-0.4, -0.2) is 32.5 Å². The normalized spacial score (nSPS) is 25.2. The Bertz CT molecular complexity index is 124. The van der Waals surface area contributed by atoms with Gasteiger partial charge in [-0.2, -0.15) is 0 Å². The van der Waals surface area contributed by atoms with E-state index in [9.17, 15) is 0 Å². The first kappa shape index (κ1) is 9.96. The molecule has 0 aliphatic carbocycles. The molecular formula is C9H19NO2. The van der Waals surface area contributed by atoms with Gasteiger partial charge in [0.15, 0.2) is 0 Å². The molecule has 0 amide bonds. The summed E-state index contributed by atoms with van der Waals surface area (Å²) < 4.78 is 10.5. The molecule has 3 heteroatoms. The molecule has 72 valence electrons. The quantitative estimate of drug-likeness (QED) is 0.685. The Balaban J connectivity index is 2.33. The number of rotatable bonds is 3. The fourth-order valence-electron chi connectivity index (χ4n) is 1.64. The molecule has 0 bridgehead atoms. The molecule has 2 unspecified atom stereocenters. The van der Waals surface area contributed by atoms with E-state index in [1.165, 1.54) is 0 Å². The lowest BCUT2D eigenvalue weighted by Crippen LogP contribution is -2.42. The van der Waals surface area contributed by atoms with Crippen LogP contribution in [0.2, 0.25) is 0 Å². The first-order valence-electron chi connectivity index (χ1n) is 4.62. The van der Waals surface area contributed by atoms with Crippen molar-refractivity contribution in [1.29, 1.82) is 0 Å². The molecule has 3 nitrogen and oxygen atoms in total. The second kappa shape index (κ2) is 4.80. The van der Waals surface area contributed by atoms with Gasteiger partial charge in [0.25, 0.3) is 0 Å². The average Bonchev–Trinajstić information content (AvgIpc) is 2.17. The van der Waals surface area contributed by atoms with Gasteiger partial charge in [0.1, 0.15) is 0 Å². The van der Waals surface area contributed by atoms with Gasteiger partial charge in [0, 0.05) is 26.4 Å². The minimum Gasteiger partial charge on any atom is -0.381 e. The maximum absolute atomic E-state index is 6.02. The third kappa shape index (κ3) is 2.44. The predicted octanol–water partition coefficient (Wildman–Crippen LogP) is 0.775. The number of methoxy groups -OCH3 is 1. The third-order valence-corrected chi connectivity index (χ3v) is 2.72. The summed E-state index contributed by atoms with van der Waals surface area (Å²) in [5, 5.41) is 0. The maximum atomic E-state index is 6.02. The molecular weight excluding hydrogens is 154 g/mol. The number of nitrogens with two attached hydrogens (primary N) is 1. The van der Waals surface area contributed by atoms with Gasteiger partial charge in [-0.05, 0) is 25.7 Å². The molecule has 0 spiro atoms. The second-order valence-corrected chi connectivity index (χ2v) is 3.47. The predicted molar refractivity (Wildman–Crippen MR) is 48.0 cm³/mol. The Morgan fingerprint density at radius 1 is 1.42 bits per heavy atom. The van der Waals surface area contributed by atoms with E-state index >= 15 is 0 Å². The summed E-state index contributed by atoms with van der Waals surface area (Å²) in [6.07, 6.45) is 2.32. The molecule has 12 heavy (non-hydrogen) atoms. The van der Waals surface area contributed by atoms with Crippen LogP contribution in [0.5, 0.6) is 0 Å². The smallest absolute Gasteiger partial charge is 0.0696 e. The van der Waals surface area contributed by atoms with Crippen molar-refractivity contribution < 1.29 is 9.47 Å². The Labute approximate surface area is 74.2 Å². The van der Waals surface area contributed by atoms with Gasteiger partial charge in [0.2, 0.25) is 0 Å². The van der Waals surface area contributed by atoms with Crippen LogP contribution in [0.3, 0.4) is 0 Å². The molecule has 2 atom stereocenters. The number of hydrogen-bond donors (Lipinski definition) is 1. The first-order valence-corrected chi connectivity index (χ1v) is 4.62. The Morgan fingerprint density at radius 3 is 2.50 bits per heavy atom. The van der Waals surface area contributed by atoms with Gasteiger partial charge in [-0.3, -0.25) is 0 Å². The van der Waals surface area contributed by atoms with E-state index in [0.717, 1.165) is 26.1 Å². The zero-order valence-electron chi connectivity index (χ0n) is 7.95. The molecule has 1 rings (SSSR count). The summed E-state index contributed by atoms with van der Waals surface area (Å²) in [5.41, 5.74) is 6.02. The largest absolute Gasteiger partial charge is 0.381 e. The summed E-state index contributed by atoms with van der Waals surface area (Å²) in [4.78, 5) is 0. The van der Waals surface area contributed by atoms with E-state index in [4.69, 9.17) is 15.2 Å². The van der Waals surface area contributed by atoms with Crippen LogP contribution < -0.4 is 5.73 Å². The lowest BCUT2D eigenvalue weighted by Gasteiger charge is -2.30. The van der Waals surface area contributed by atoms with Crippen LogP contribution in [0.4, 0.5) is 0 Å². The van der Waals surface area contributed by atoms with E-state index in [0.29, 0.717) is 5.92 Å². The minimum absolute atomic E-state index is 0.160. The van der Waals surface area contributed by atoms with Crippen LogP contribution in [0, 0.1) is 5.92 Å². The Kier molecular flexibility index (Phi) is 3.98. The van der Waals surface area contributed by atoms with Crippen molar-refractivity contribution in [3.8, 4) is 0 Å². The summed E-state index contributed by atoms with van der Waals surface area (Å²) in [5.74, 6) is 0.577. The van der Waals surface area contributed by atoms with Crippen molar-refractivity contribution in [2.75, 3.05) is 20.3 Å². The third-order valence-electron chi connectivity index (χ3n) is 2.72. The van der Waals surface area contributed by atoms with Crippen LogP contribution in [0.1, 0.15) is 19.8 Å². The van der Waals surface area contributed by atoms with E-state index in [-0.39, 0.29) is 12.1 Å². The summed E-state index contributed by atoms with van der Waals surface area (Å²) in [6.45, 7) is 3.74. The highest BCUT2D eigenvalue weighted by Crippen LogP contribution is 2.20. The number of ether oxygens (including phenoxy) is 2. The highest BCUT2D eigenvalue weighted by Gasteiger charge is 2.24.